The number of hydrogen-bond acceptors (Lipinski definition) is 4. The summed E-state index contributed by atoms with van der Waals surface area (Å²) < 4.78 is 1.64. The molecule has 0 fully saturated rings. The molecule has 0 bridgehead atoms. The first-order valence-corrected chi connectivity index (χ1v) is 3.18. The topological polar surface area (TPSA) is 69.6 Å². The summed E-state index contributed by atoms with van der Waals surface area (Å²) in [6, 6.07) is 1.79. The first-order chi connectivity index (χ1) is 5.27. The van der Waals surface area contributed by atoms with E-state index in [0.717, 1.165) is 5.52 Å². The zero-order valence-corrected chi connectivity index (χ0v) is 6.02. The monoisotopic (exact) mass is 149 g/mol. The quantitative estimate of drug-likeness (QED) is 0.570. The molecule has 0 aliphatic rings. The third-order valence-corrected chi connectivity index (χ3v) is 1.49. The highest BCUT2D eigenvalue weighted by Crippen LogP contribution is 2.09. The first-order valence-electron chi connectivity index (χ1n) is 3.18. The van der Waals surface area contributed by atoms with Crippen LogP contribution in [0.25, 0.3) is 11.2 Å². The van der Waals surface area contributed by atoms with Gasteiger partial charge in [0, 0.05) is 7.05 Å². The van der Waals surface area contributed by atoms with Gasteiger partial charge in [0.25, 0.3) is 0 Å². The highest BCUT2D eigenvalue weighted by molar-refractivity contribution is 5.73. The molecule has 0 aromatic carbocycles. The van der Waals surface area contributed by atoms with E-state index in [4.69, 9.17) is 5.73 Å². The van der Waals surface area contributed by atoms with Gasteiger partial charge in [0.05, 0.1) is 11.9 Å². The van der Waals surface area contributed by atoms with Crippen molar-refractivity contribution < 1.29 is 0 Å². The third kappa shape index (κ3) is 0.813. The number of fused-ring (bicyclic) bond motifs is 1. The van der Waals surface area contributed by atoms with Crippen LogP contribution in [0.4, 0.5) is 5.69 Å². The molecule has 0 amide bonds. The van der Waals surface area contributed by atoms with Gasteiger partial charge in [-0.05, 0) is 6.07 Å². The van der Waals surface area contributed by atoms with E-state index in [1.54, 1.807) is 24.0 Å². The van der Waals surface area contributed by atoms with Crippen molar-refractivity contribution in [3.63, 3.8) is 0 Å². The van der Waals surface area contributed by atoms with Crippen LogP contribution in [0.5, 0.6) is 0 Å². The van der Waals surface area contributed by atoms with E-state index >= 15 is 0 Å². The molecule has 5 heteroatoms. The molecule has 0 unspecified atom stereocenters. The average Bonchev–Trinajstić information content (AvgIpc) is 2.33. The molecular formula is C6H7N5. The molecule has 0 radical (unpaired) electrons. The van der Waals surface area contributed by atoms with E-state index in [2.05, 4.69) is 15.3 Å². The minimum atomic E-state index is 0.627. The maximum absolute atomic E-state index is 5.52. The van der Waals surface area contributed by atoms with Crippen LogP contribution in [0.3, 0.4) is 0 Å². The van der Waals surface area contributed by atoms with Gasteiger partial charge in [-0.15, -0.1) is 5.10 Å². The van der Waals surface area contributed by atoms with E-state index in [1.165, 1.54) is 0 Å². The van der Waals surface area contributed by atoms with Crippen LogP contribution < -0.4 is 5.73 Å². The molecule has 0 saturated carbocycles. The number of nitrogens with two attached hydrogens (primary N) is 1. The van der Waals surface area contributed by atoms with Crippen LogP contribution in [-0.2, 0) is 7.05 Å². The standard InChI is InChI=1S/C6H7N5/c1-11-5-2-4(7)3-8-6(5)9-10-11/h2-3H,7H2,1H3. The molecule has 2 heterocycles. The van der Waals surface area contributed by atoms with E-state index < -0.39 is 0 Å². The lowest BCUT2D eigenvalue weighted by atomic mass is 10.4. The maximum atomic E-state index is 5.52. The largest absolute Gasteiger partial charge is 0.397 e. The van der Waals surface area contributed by atoms with Crippen molar-refractivity contribution in [2.24, 2.45) is 7.05 Å². The van der Waals surface area contributed by atoms with Gasteiger partial charge in [-0.25, -0.2) is 9.67 Å². The molecule has 0 spiro atoms. The van der Waals surface area contributed by atoms with Crippen molar-refractivity contribution in [1.29, 1.82) is 0 Å². The average molecular weight is 149 g/mol. The maximum Gasteiger partial charge on any atom is 0.201 e. The summed E-state index contributed by atoms with van der Waals surface area (Å²) in [5, 5.41) is 7.59. The molecule has 5 nitrogen and oxygen atoms in total. The number of hydrogen-bond donors (Lipinski definition) is 1. The molecule has 11 heavy (non-hydrogen) atoms. The summed E-state index contributed by atoms with van der Waals surface area (Å²) in [4.78, 5) is 3.98. The van der Waals surface area contributed by atoms with E-state index in [1.807, 2.05) is 0 Å². The van der Waals surface area contributed by atoms with Crippen molar-refractivity contribution in [2.45, 2.75) is 0 Å². The summed E-state index contributed by atoms with van der Waals surface area (Å²) >= 11 is 0. The minimum absolute atomic E-state index is 0.627. The highest BCUT2D eigenvalue weighted by Gasteiger charge is 2.00. The summed E-state index contributed by atoms with van der Waals surface area (Å²) in [5.74, 6) is 0. The summed E-state index contributed by atoms with van der Waals surface area (Å²) in [6.07, 6.45) is 1.57. The molecule has 0 saturated heterocycles. The fourth-order valence-electron chi connectivity index (χ4n) is 0.934. The first kappa shape index (κ1) is 6.09. The van der Waals surface area contributed by atoms with Crippen molar-refractivity contribution in [1.82, 2.24) is 20.0 Å². The van der Waals surface area contributed by atoms with Gasteiger partial charge < -0.3 is 5.73 Å². The molecule has 0 aliphatic heterocycles. The van der Waals surface area contributed by atoms with Gasteiger partial charge in [-0.2, -0.15) is 0 Å². The molecule has 0 aliphatic carbocycles. The van der Waals surface area contributed by atoms with Crippen LogP contribution in [0.1, 0.15) is 0 Å². The minimum Gasteiger partial charge on any atom is -0.397 e. The molecule has 0 atom stereocenters. The summed E-state index contributed by atoms with van der Waals surface area (Å²) in [6.45, 7) is 0. The van der Waals surface area contributed by atoms with E-state index in [0.29, 0.717) is 11.3 Å². The van der Waals surface area contributed by atoms with Crippen molar-refractivity contribution >= 4 is 16.9 Å². The van der Waals surface area contributed by atoms with Gasteiger partial charge in [0.1, 0.15) is 5.52 Å². The smallest absolute Gasteiger partial charge is 0.201 e. The molecule has 2 N–H and O–H groups in total. The number of rotatable bonds is 0. The second-order valence-corrected chi connectivity index (χ2v) is 2.32. The summed E-state index contributed by atoms with van der Waals surface area (Å²) in [7, 11) is 1.80. The van der Waals surface area contributed by atoms with Crippen molar-refractivity contribution in [3.8, 4) is 0 Å². The molecule has 56 valence electrons. The summed E-state index contributed by atoms with van der Waals surface area (Å²) in [5.41, 5.74) is 7.63. The van der Waals surface area contributed by atoms with Crippen LogP contribution in [0.15, 0.2) is 12.3 Å². The zero-order valence-electron chi connectivity index (χ0n) is 6.02. The normalized spacial score (nSPS) is 10.6. The number of aryl methyl sites for hydroxylation is 1. The number of pyridine rings is 1. The Hall–Kier alpha value is -1.65. The molecule has 2 aromatic rings. The second kappa shape index (κ2) is 1.91. The van der Waals surface area contributed by atoms with Gasteiger partial charge >= 0.3 is 0 Å². The zero-order chi connectivity index (χ0) is 7.84. The van der Waals surface area contributed by atoms with Crippen LogP contribution >= 0.6 is 0 Å². The Kier molecular flexibility index (Phi) is 1.06. The lowest BCUT2D eigenvalue weighted by Crippen LogP contribution is -1.91. The van der Waals surface area contributed by atoms with E-state index in [9.17, 15) is 0 Å². The number of nitrogens with zero attached hydrogens (tertiary/aromatic N) is 4. The van der Waals surface area contributed by atoms with Gasteiger partial charge in [0.15, 0.2) is 0 Å². The Labute approximate surface area is 62.8 Å². The fraction of sp³-hybridized carbons (Fsp3) is 0.167. The SMILES string of the molecule is Cn1nnc2ncc(N)cc21. The fourth-order valence-corrected chi connectivity index (χ4v) is 0.934. The van der Waals surface area contributed by atoms with Gasteiger partial charge in [-0.1, -0.05) is 5.21 Å². The predicted molar refractivity (Wildman–Crippen MR) is 40.7 cm³/mol. The Morgan fingerprint density at radius 2 is 2.36 bits per heavy atom. The number of aromatic nitrogens is 4. The second-order valence-electron chi connectivity index (χ2n) is 2.32. The molecular weight excluding hydrogens is 142 g/mol. The Morgan fingerprint density at radius 1 is 1.55 bits per heavy atom. The lowest BCUT2D eigenvalue weighted by molar-refractivity contribution is 0.736. The van der Waals surface area contributed by atoms with Crippen LogP contribution in [0, 0.1) is 0 Å². The Morgan fingerprint density at radius 3 is 3.18 bits per heavy atom. The Balaban J connectivity index is 2.87. The number of anilines is 1. The van der Waals surface area contributed by atoms with Gasteiger partial charge in [-0.3, -0.25) is 0 Å². The predicted octanol–water partition coefficient (Wildman–Crippen LogP) is -0.0545. The van der Waals surface area contributed by atoms with Crippen LogP contribution in [-0.4, -0.2) is 20.0 Å². The highest BCUT2D eigenvalue weighted by atomic mass is 15.4. The molecule has 2 rings (SSSR count). The van der Waals surface area contributed by atoms with Crippen molar-refractivity contribution in [3.05, 3.63) is 12.3 Å². The van der Waals surface area contributed by atoms with Crippen LogP contribution in [0.2, 0.25) is 0 Å². The lowest BCUT2D eigenvalue weighted by Gasteiger charge is -1.91. The van der Waals surface area contributed by atoms with Crippen molar-refractivity contribution in [2.75, 3.05) is 5.73 Å². The van der Waals surface area contributed by atoms with E-state index in [-0.39, 0.29) is 0 Å². The number of nitrogen functional groups attached to an aromatic ring is 1. The van der Waals surface area contributed by atoms with Gasteiger partial charge in [0.2, 0.25) is 5.65 Å². The molecule has 2 aromatic heterocycles. The Bertz CT molecular complexity index is 391. The third-order valence-electron chi connectivity index (χ3n) is 1.49.